The number of ether oxygens (including phenoxy) is 2. The van der Waals surface area contributed by atoms with E-state index in [9.17, 15) is 4.79 Å². The van der Waals surface area contributed by atoms with E-state index in [0.717, 1.165) is 11.3 Å². The molecule has 1 aromatic rings. The van der Waals surface area contributed by atoms with Crippen LogP contribution in [0, 0.1) is 0 Å². The second-order valence-corrected chi connectivity index (χ2v) is 3.55. The Kier molecular flexibility index (Phi) is 1.63. The number of rotatable bonds is 0. The second-order valence-electron chi connectivity index (χ2n) is 3.55. The van der Waals surface area contributed by atoms with Crippen molar-refractivity contribution in [2.75, 3.05) is 18.5 Å². The van der Waals surface area contributed by atoms with Gasteiger partial charge in [-0.3, -0.25) is 4.79 Å². The maximum Gasteiger partial charge on any atom is 0.245 e. The molecule has 2 aliphatic heterocycles. The van der Waals surface area contributed by atoms with Gasteiger partial charge in [0, 0.05) is 11.6 Å². The van der Waals surface area contributed by atoms with Gasteiger partial charge in [-0.2, -0.15) is 0 Å². The normalized spacial score (nSPS) is 22.2. The minimum Gasteiger partial charge on any atom is -0.486 e. The molecule has 5 nitrogen and oxygen atoms in total. The zero-order chi connectivity index (χ0) is 10.4. The van der Waals surface area contributed by atoms with Crippen LogP contribution in [0.25, 0.3) is 0 Å². The average Bonchev–Trinajstić information content (AvgIpc) is 2.52. The fourth-order valence-electron chi connectivity index (χ4n) is 1.82. The molecule has 0 bridgehead atoms. The minimum atomic E-state index is -0.601. The summed E-state index contributed by atoms with van der Waals surface area (Å²) in [5, 5.41) is 2.70. The van der Waals surface area contributed by atoms with Crippen LogP contribution in [-0.4, -0.2) is 19.1 Å². The van der Waals surface area contributed by atoms with Gasteiger partial charge in [0.2, 0.25) is 5.91 Å². The third-order valence-corrected chi connectivity index (χ3v) is 2.59. The fourth-order valence-corrected chi connectivity index (χ4v) is 1.82. The predicted octanol–water partition coefficient (Wildman–Crippen LogP) is 0.410. The number of hydrogen-bond acceptors (Lipinski definition) is 4. The second kappa shape index (κ2) is 2.87. The number of hydrogen-bond donors (Lipinski definition) is 2. The lowest BCUT2D eigenvalue weighted by atomic mass is 10.1. The molecule has 15 heavy (non-hydrogen) atoms. The number of fused-ring (bicyclic) bond motifs is 2. The summed E-state index contributed by atoms with van der Waals surface area (Å²) in [6.45, 7) is 1.06. The van der Waals surface area contributed by atoms with Gasteiger partial charge >= 0.3 is 0 Å². The van der Waals surface area contributed by atoms with Gasteiger partial charge in [-0.15, -0.1) is 0 Å². The first-order valence-corrected chi connectivity index (χ1v) is 4.76. The van der Waals surface area contributed by atoms with Gasteiger partial charge in [-0.25, -0.2) is 0 Å². The van der Waals surface area contributed by atoms with Crippen molar-refractivity contribution in [3.8, 4) is 11.5 Å². The maximum atomic E-state index is 11.3. The van der Waals surface area contributed by atoms with Crippen molar-refractivity contribution in [2.45, 2.75) is 6.04 Å². The molecule has 2 heterocycles. The molecule has 1 unspecified atom stereocenters. The molecule has 3 N–H and O–H groups in total. The lowest BCUT2D eigenvalue weighted by Gasteiger charge is -2.19. The highest BCUT2D eigenvalue weighted by molar-refractivity contribution is 6.02. The molecule has 1 atom stereocenters. The number of benzene rings is 1. The van der Waals surface area contributed by atoms with Gasteiger partial charge in [-0.05, 0) is 6.07 Å². The summed E-state index contributed by atoms with van der Waals surface area (Å²) < 4.78 is 10.8. The number of nitrogens with two attached hydrogens (primary N) is 1. The molecule has 0 radical (unpaired) electrons. The summed E-state index contributed by atoms with van der Waals surface area (Å²) in [5.74, 6) is 1.13. The smallest absolute Gasteiger partial charge is 0.245 e. The molecule has 0 saturated heterocycles. The Bertz CT molecular complexity index is 445. The van der Waals surface area contributed by atoms with Crippen molar-refractivity contribution in [3.05, 3.63) is 17.7 Å². The number of carbonyl (C=O) groups excluding carboxylic acids is 1. The van der Waals surface area contributed by atoms with Crippen LogP contribution in [0.5, 0.6) is 11.5 Å². The van der Waals surface area contributed by atoms with E-state index >= 15 is 0 Å². The van der Waals surface area contributed by atoms with Crippen molar-refractivity contribution in [2.24, 2.45) is 5.73 Å². The van der Waals surface area contributed by atoms with Crippen molar-refractivity contribution in [1.82, 2.24) is 0 Å². The Balaban J connectivity index is 2.12. The third kappa shape index (κ3) is 1.16. The first kappa shape index (κ1) is 8.55. The molecule has 0 fully saturated rings. The topological polar surface area (TPSA) is 73.6 Å². The largest absolute Gasteiger partial charge is 0.486 e. The van der Waals surface area contributed by atoms with Crippen molar-refractivity contribution < 1.29 is 14.3 Å². The predicted molar refractivity (Wildman–Crippen MR) is 53.0 cm³/mol. The van der Waals surface area contributed by atoms with Crippen LogP contribution >= 0.6 is 0 Å². The van der Waals surface area contributed by atoms with E-state index in [2.05, 4.69) is 5.32 Å². The monoisotopic (exact) mass is 206 g/mol. The van der Waals surface area contributed by atoms with Crippen molar-refractivity contribution in [1.29, 1.82) is 0 Å². The summed E-state index contributed by atoms with van der Waals surface area (Å²) in [5.41, 5.74) is 7.20. The van der Waals surface area contributed by atoms with Gasteiger partial charge in [0.15, 0.2) is 11.5 Å². The molecular weight excluding hydrogens is 196 g/mol. The van der Waals surface area contributed by atoms with Crippen LogP contribution in [0.2, 0.25) is 0 Å². The molecule has 0 spiro atoms. The van der Waals surface area contributed by atoms with E-state index in [1.807, 2.05) is 0 Å². The molecule has 1 aromatic carbocycles. The molecule has 1 amide bonds. The number of amides is 1. The lowest BCUT2D eigenvalue weighted by molar-refractivity contribution is -0.116. The zero-order valence-corrected chi connectivity index (χ0v) is 7.95. The lowest BCUT2D eigenvalue weighted by Crippen LogP contribution is -2.19. The molecule has 78 valence electrons. The van der Waals surface area contributed by atoms with Gasteiger partial charge in [-0.1, -0.05) is 0 Å². The average molecular weight is 206 g/mol. The summed E-state index contributed by atoms with van der Waals surface area (Å²) in [7, 11) is 0. The van der Waals surface area contributed by atoms with Crippen LogP contribution in [-0.2, 0) is 4.79 Å². The standard InChI is InChI=1S/C10H10N2O3/c11-9-5-3-7-8(15-2-1-14-7)4-6(5)12-10(9)13/h3-4,9H,1-2,11H2,(H,12,13). The minimum absolute atomic E-state index is 0.188. The van der Waals surface area contributed by atoms with Crippen molar-refractivity contribution >= 4 is 11.6 Å². The van der Waals surface area contributed by atoms with Crippen LogP contribution in [0.15, 0.2) is 12.1 Å². The Morgan fingerprint density at radius 1 is 1.27 bits per heavy atom. The van der Waals surface area contributed by atoms with Crippen LogP contribution in [0.1, 0.15) is 11.6 Å². The van der Waals surface area contributed by atoms with Gasteiger partial charge < -0.3 is 20.5 Å². The summed E-state index contributed by atoms with van der Waals surface area (Å²) in [6.07, 6.45) is 0. The van der Waals surface area contributed by atoms with Crippen LogP contribution in [0.4, 0.5) is 5.69 Å². The first-order chi connectivity index (χ1) is 7.25. The molecule has 0 aliphatic carbocycles. The van der Waals surface area contributed by atoms with E-state index < -0.39 is 6.04 Å². The molecule has 0 aromatic heterocycles. The third-order valence-electron chi connectivity index (χ3n) is 2.59. The van der Waals surface area contributed by atoms with Gasteiger partial charge in [0.25, 0.3) is 0 Å². The first-order valence-electron chi connectivity index (χ1n) is 4.76. The Hall–Kier alpha value is -1.75. The Morgan fingerprint density at radius 3 is 2.67 bits per heavy atom. The summed E-state index contributed by atoms with van der Waals surface area (Å²) >= 11 is 0. The molecule has 0 saturated carbocycles. The highest BCUT2D eigenvalue weighted by Gasteiger charge is 2.29. The van der Waals surface area contributed by atoms with E-state index in [4.69, 9.17) is 15.2 Å². The van der Waals surface area contributed by atoms with E-state index in [1.54, 1.807) is 12.1 Å². The fraction of sp³-hybridized carbons (Fsp3) is 0.300. The highest BCUT2D eigenvalue weighted by atomic mass is 16.6. The van der Waals surface area contributed by atoms with Gasteiger partial charge in [0.05, 0.1) is 5.69 Å². The number of nitrogens with one attached hydrogen (secondary N) is 1. The van der Waals surface area contributed by atoms with E-state index in [-0.39, 0.29) is 5.91 Å². The highest BCUT2D eigenvalue weighted by Crippen LogP contribution is 2.40. The summed E-state index contributed by atoms with van der Waals surface area (Å²) in [6, 6.07) is 2.93. The van der Waals surface area contributed by atoms with Gasteiger partial charge in [0.1, 0.15) is 19.3 Å². The molecular formula is C10H10N2O3. The quantitative estimate of drug-likeness (QED) is 0.644. The molecule has 2 aliphatic rings. The van der Waals surface area contributed by atoms with E-state index in [0.29, 0.717) is 24.7 Å². The Morgan fingerprint density at radius 2 is 1.93 bits per heavy atom. The maximum absolute atomic E-state index is 11.3. The van der Waals surface area contributed by atoms with Crippen molar-refractivity contribution in [3.63, 3.8) is 0 Å². The van der Waals surface area contributed by atoms with E-state index in [1.165, 1.54) is 0 Å². The molecule has 3 rings (SSSR count). The SMILES string of the molecule is NC1C(=O)Nc2cc3c(cc21)OCCO3. The summed E-state index contributed by atoms with van der Waals surface area (Å²) in [4.78, 5) is 11.3. The van der Waals surface area contributed by atoms with Crippen LogP contribution < -0.4 is 20.5 Å². The Labute approximate surface area is 86.2 Å². The number of carbonyl (C=O) groups is 1. The molecule has 5 heteroatoms. The number of anilines is 1. The van der Waals surface area contributed by atoms with Crippen LogP contribution in [0.3, 0.4) is 0 Å². The zero-order valence-electron chi connectivity index (χ0n) is 7.95.